The molecule has 6 rings (SSSR count). The first-order chi connectivity index (χ1) is 22.4. The molecule has 15 heteroatoms. The molecule has 1 amide bonds. The number of hydrogen-bond donors (Lipinski definition) is 2. The molecule has 3 aliphatic heterocycles. The van der Waals surface area contributed by atoms with Gasteiger partial charge in [0.25, 0.3) is 0 Å². The Bertz CT molecular complexity index is 1520. The van der Waals surface area contributed by atoms with Gasteiger partial charge in [0.05, 0.1) is 36.6 Å². The van der Waals surface area contributed by atoms with Crippen molar-refractivity contribution in [2.45, 2.75) is 57.9 Å². The number of ether oxygens (including phenoxy) is 2. The highest BCUT2D eigenvalue weighted by Crippen LogP contribution is 2.34. The van der Waals surface area contributed by atoms with Crippen molar-refractivity contribution in [1.82, 2.24) is 24.8 Å². The summed E-state index contributed by atoms with van der Waals surface area (Å²) in [5.41, 5.74) is 2.46. The van der Waals surface area contributed by atoms with Gasteiger partial charge in [-0.15, -0.1) is 0 Å². The number of ketones is 1. The minimum Gasteiger partial charge on any atom is -0.484 e. The van der Waals surface area contributed by atoms with Crippen molar-refractivity contribution in [2.24, 2.45) is 0 Å². The van der Waals surface area contributed by atoms with E-state index in [1.807, 2.05) is 28.9 Å². The number of carbonyl (C=O) groups is 2. The number of nitrogens with zero attached hydrogens (tertiary/aromatic N) is 6. The maximum atomic E-state index is 13.4. The molecule has 3 aromatic rings. The molecule has 0 bridgehead atoms. The number of nitrogens with one attached hydrogen (secondary N) is 1. The Hall–Kier alpha value is -3.43. The Morgan fingerprint density at radius 3 is 2.68 bits per heavy atom. The lowest BCUT2D eigenvalue weighted by molar-refractivity contribution is -0.131. The molecular formula is C32H42ClN7O6S. The number of rotatable bonds is 13. The molecule has 0 radical (unpaired) electrons. The summed E-state index contributed by atoms with van der Waals surface area (Å²) in [4.78, 5) is 44.7. The standard InChI is InChI=1S/C32H40ClN7O6.H2S/c1-2-30(43)39-9-11-40(12-10-39)32-36-26(13-29(37-32)35-22-17-44-18-22)27(42)5-4-23(41)16-38-8-7-25-21(15-38)3-6-28(31(25)33)45-19-24-14-34-20-46-24;/h3,6,13-14,20,22-23,41H,2,4-5,7-12,15-19H2,1H3,(H,35,36,37);1H2/t23-;/m0./s1. The fourth-order valence-electron chi connectivity index (χ4n) is 5.89. The zero-order chi connectivity index (χ0) is 32.0. The second-order valence-electron chi connectivity index (χ2n) is 11.9. The molecular weight excluding hydrogens is 646 g/mol. The van der Waals surface area contributed by atoms with E-state index in [9.17, 15) is 14.7 Å². The summed E-state index contributed by atoms with van der Waals surface area (Å²) in [6.07, 6.45) is 3.97. The first kappa shape index (κ1) is 34.9. The number of aliphatic hydroxyl groups is 1. The highest BCUT2D eigenvalue weighted by atomic mass is 35.5. The van der Waals surface area contributed by atoms with Gasteiger partial charge in [0.2, 0.25) is 11.9 Å². The minimum absolute atomic E-state index is 0. The van der Waals surface area contributed by atoms with E-state index in [1.54, 1.807) is 12.3 Å². The van der Waals surface area contributed by atoms with E-state index in [4.69, 9.17) is 25.5 Å². The van der Waals surface area contributed by atoms with Crippen LogP contribution in [-0.2, 0) is 29.1 Å². The molecule has 5 heterocycles. The molecule has 3 aliphatic rings. The number of aromatic nitrogens is 3. The number of halogens is 1. The summed E-state index contributed by atoms with van der Waals surface area (Å²) >= 11 is 6.68. The van der Waals surface area contributed by atoms with Crippen molar-refractivity contribution in [3.8, 4) is 5.75 Å². The predicted octanol–water partition coefficient (Wildman–Crippen LogP) is 3.06. The van der Waals surface area contributed by atoms with Crippen LogP contribution >= 0.6 is 25.1 Å². The third-order valence-electron chi connectivity index (χ3n) is 8.61. The summed E-state index contributed by atoms with van der Waals surface area (Å²) in [6.45, 7) is 7.46. The second kappa shape index (κ2) is 16.1. The van der Waals surface area contributed by atoms with E-state index in [1.165, 1.54) is 6.39 Å². The maximum Gasteiger partial charge on any atom is 0.228 e. The van der Waals surface area contributed by atoms with Crippen molar-refractivity contribution in [2.75, 3.05) is 62.7 Å². The molecule has 0 saturated carbocycles. The average Bonchev–Trinajstić information content (AvgIpc) is 3.58. The van der Waals surface area contributed by atoms with Crippen LogP contribution in [0.4, 0.5) is 11.8 Å². The van der Waals surface area contributed by atoms with Crippen molar-refractivity contribution >= 4 is 48.6 Å². The lowest BCUT2D eigenvalue weighted by atomic mass is 9.98. The number of amides is 1. The van der Waals surface area contributed by atoms with Gasteiger partial charge in [-0.25, -0.2) is 9.97 Å². The number of Topliss-reactive ketones (excluding diaryl/α,β-unsaturated/α-hetero) is 1. The summed E-state index contributed by atoms with van der Waals surface area (Å²) in [7, 11) is 0. The van der Waals surface area contributed by atoms with Gasteiger partial charge in [0.15, 0.2) is 17.9 Å². The van der Waals surface area contributed by atoms with E-state index >= 15 is 0 Å². The molecule has 13 nitrogen and oxygen atoms in total. The third-order valence-corrected chi connectivity index (χ3v) is 9.03. The van der Waals surface area contributed by atoms with Crippen LogP contribution in [-0.4, -0.2) is 106 Å². The van der Waals surface area contributed by atoms with Gasteiger partial charge in [-0.3, -0.25) is 14.5 Å². The smallest absolute Gasteiger partial charge is 0.228 e. The van der Waals surface area contributed by atoms with E-state index in [0.29, 0.717) is 99.3 Å². The first-order valence-electron chi connectivity index (χ1n) is 15.9. The lowest BCUT2D eigenvalue weighted by Gasteiger charge is -2.35. The van der Waals surface area contributed by atoms with E-state index in [2.05, 4.69) is 25.2 Å². The number of β-amino-alcohol motifs (C(OH)–C–C–N with tert-alkyl or cyclic N) is 1. The van der Waals surface area contributed by atoms with Gasteiger partial charge in [-0.2, -0.15) is 18.5 Å². The van der Waals surface area contributed by atoms with Gasteiger partial charge < -0.3 is 34.1 Å². The third kappa shape index (κ3) is 8.73. The monoisotopic (exact) mass is 687 g/mol. The molecule has 1 atom stereocenters. The van der Waals surface area contributed by atoms with Gasteiger partial charge in [0.1, 0.15) is 23.9 Å². The molecule has 2 fully saturated rings. The van der Waals surface area contributed by atoms with Gasteiger partial charge in [0, 0.05) is 64.7 Å². The minimum atomic E-state index is -0.680. The molecule has 254 valence electrons. The number of fused-ring (bicyclic) bond motifs is 1. The number of hydrogen-bond acceptors (Lipinski definition) is 12. The molecule has 2 N–H and O–H groups in total. The predicted molar refractivity (Wildman–Crippen MR) is 181 cm³/mol. The Morgan fingerprint density at radius 1 is 1.17 bits per heavy atom. The molecule has 2 saturated heterocycles. The largest absolute Gasteiger partial charge is 0.484 e. The molecule has 1 aromatic carbocycles. The Kier molecular flexibility index (Phi) is 12.0. The van der Waals surface area contributed by atoms with Crippen LogP contribution in [0.5, 0.6) is 5.75 Å². The van der Waals surface area contributed by atoms with Crippen molar-refractivity contribution in [3.05, 3.63) is 58.4 Å². The van der Waals surface area contributed by atoms with E-state index in [0.717, 1.165) is 24.1 Å². The zero-order valence-corrected chi connectivity index (χ0v) is 28.2. The first-order valence-corrected chi connectivity index (χ1v) is 16.2. The second-order valence-corrected chi connectivity index (χ2v) is 12.3. The van der Waals surface area contributed by atoms with Crippen LogP contribution in [0.2, 0.25) is 5.02 Å². The number of aliphatic hydroxyl groups excluding tert-OH is 1. The fourth-order valence-corrected chi connectivity index (χ4v) is 6.23. The number of anilines is 2. The van der Waals surface area contributed by atoms with Crippen LogP contribution in [0.1, 0.15) is 53.6 Å². The van der Waals surface area contributed by atoms with Crippen LogP contribution < -0.4 is 15.0 Å². The SMILES string of the molecule is CCC(=O)N1CCN(c2nc(NC3COC3)cc(C(=O)CC[C@H](O)CN3CCc4c(ccc(OCc5cnco5)c4Cl)C3)n2)CC1.S. The zero-order valence-electron chi connectivity index (χ0n) is 26.5. The number of benzene rings is 1. The number of piperazine rings is 1. The molecule has 0 spiro atoms. The van der Waals surface area contributed by atoms with Gasteiger partial charge in [-0.05, 0) is 30.0 Å². The number of oxazole rings is 1. The van der Waals surface area contributed by atoms with E-state index in [-0.39, 0.29) is 44.3 Å². The Balaban J connectivity index is 0.00000433. The molecule has 0 aliphatic carbocycles. The molecule has 47 heavy (non-hydrogen) atoms. The van der Waals surface area contributed by atoms with Crippen LogP contribution in [0.25, 0.3) is 0 Å². The van der Waals surface area contributed by atoms with E-state index < -0.39 is 6.10 Å². The van der Waals surface area contributed by atoms with Crippen LogP contribution in [0.3, 0.4) is 0 Å². The molecule has 0 unspecified atom stereocenters. The molecule has 2 aromatic heterocycles. The topological polar surface area (TPSA) is 146 Å². The highest BCUT2D eigenvalue weighted by Gasteiger charge is 2.26. The van der Waals surface area contributed by atoms with Crippen molar-refractivity contribution in [3.63, 3.8) is 0 Å². The van der Waals surface area contributed by atoms with Crippen molar-refractivity contribution < 1.29 is 28.6 Å². The Labute approximate surface area is 286 Å². The summed E-state index contributed by atoms with van der Waals surface area (Å²) in [5, 5.41) is 14.8. The highest BCUT2D eigenvalue weighted by molar-refractivity contribution is 7.59. The van der Waals surface area contributed by atoms with Crippen molar-refractivity contribution in [1.29, 1.82) is 0 Å². The quantitative estimate of drug-likeness (QED) is 0.255. The van der Waals surface area contributed by atoms with Gasteiger partial charge >= 0.3 is 0 Å². The van der Waals surface area contributed by atoms with Crippen LogP contribution in [0.15, 0.2) is 35.2 Å². The average molecular weight is 688 g/mol. The van der Waals surface area contributed by atoms with Gasteiger partial charge in [-0.1, -0.05) is 24.6 Å². The van der Waals surface area contributed by atoms with Crippen LogP contribution in [0, 0.1) is 0 Å². The summed E-state index contributed by atoms with van der Waals surface area (Å²) < 4.78 is 16.4. The lowest BCUT2D eigenvalue weighted by Crippen LogP contribution is -2.49. The summed E-state index contributed by atoms with van der Waals surface area (Å²) in [5.74, 6) is 2.25. The number of carbonyl (C=O) groups excluding carboxylic acids is 2. The fraction of sp³-hybridized carbons (Fsp3) is 0.531. The summed E-state index contributed by atoms with van der Waals surface area (Å²) in [6, 6.07) is 5.68. The normalized spacial score (nSPS) is 17.3. The Morgan fingerprint density at radius 2 is 1.98 bits per heavy atom. The maximum absolute atomic E-state index is 13.4.